The second kappa shape index (κ2) is 20.5. The minimum atomic E-state index is -3.55. The molecule has 5 nitrogen and oxygen atoms in total. The second-order valence-corrected chi connectivity index (χ2v) is 10.4. The van der Waals surface area contributed by atoms with Crippen LogP contribution in [0.15, 0.2) is 0 Å². The van der Waals surface area contributed by atoms with E-state index >= 15 is 0 Å². The first kappa shape index (κ1) is 29.6. The van der Waals surface area contributed by atoms with Gasteiger partial charge < -0.3 is 13.8 Å². The lowest BCUT2D eigenvalue weighted by Gasteiger charge is -2.26. The Morgan fingerprint density at radius 2 is 1.10 bits per heavy atom. The molecule has 0 aromatic rings. The average molecular weight is 449 g/mol. The van der Waals surface area contributed by atoms with Crippen LogP contribution in [0.3, 0.4) is 0 Å². The van der Waals surface area contributed by atoms with Gasteiger partial charge in [0.2, 0.25) is 0 Å². The van der Waals surface area contributed by atoms with Gasteiger partial charge in [0.05, 0.1) is 19.8 Å². The molecule has 0 saturated carbocycles. The normalized spacial score (nSPS) is 12.8. The molecule has 0 amide bonds. The van der Waals surface area contributed by atoms with Gasteiger partial charge in [-0.05, 0) is 25.7 Å². The Balaban J connectivity index is 5.12. The Morgan fingerprint density at radius 1 is 0.633 bits per heavy atom. The van der Waals surface area contributed by atoms with E-state index in [9.17, 15) is 9.36 Å². The molecule has 0 radical (unpaired) electrons. The van der Waals surface area contributed by atoms with Gasteiger partial charge in [-0.25, -0.2) is 0 Å². The van der Waals surface area contributed by atoms with Crippen LogP contribution in [-0.2, 0) is 23.1 Å². The third-order valence-electron chi connectivity index (χ3n) is 5.27. The molecule has 6 heteroatoms. The lowest BCUT2D eigenvalue weighted by Crippen LogP contribution is -2.27. The van der Waals surface area contributed by atoms with Gasteiger partial charge in [-0.15, -0.1) is 0 Å². The molecule has 0 aliphatic rings. The molecule has 180 valence electrons. The first-order valence-electron chi connectivity index (χ1n) is 12.6. The van der Waals surface area contributed by atoms with Gasteiger partial charge >= 0.3 is 13.6 Å². The summed E-state index contributed by atoms with van der Waals surface area (Å²) < 4.78 is 31.0. The van der Waals surface area contributed by atoms with Crippen LogP contribution in [0, 0.1) is 0 Å². The number of rotatable bonds is 22. The highest BCUT2D eigenvalue weighted by molar-refractivity contribution is 7.55. The summed E-state index contributed by atoms with van der Waals surface area (Å²) in [6, 6.07) is 0. The van der Waals surface area contributed by atoms with E-state index in [0.717, 1.165) is 89.9 Å². The minimum absolute atomic E-state index is 0.369. The minimum Gasteiger partial charge on any atom is -0.465 e. The maximum Gasteiger partial charge on any atom is 0.344 e. The van der Waals surface area contributed by atoms with Gasteiger partial charge in [-0.1, -0.05) is 98.3 Å². The smallest absolute Gasteiger partial charge is 0.344 e. The summed E-state index contributed by atoms with van der Waals surface area (Å²) in [5, 5.41) is 0. The molecule has 0 N–H and O–H groups in total. The van der Waals surface area contributed by atoms with Crippen LogP contribution < -0.4 is 0 Å². The molecule has 0 aromatic carbocycles. The standard InChI is InChI=1S/C24H49O5P/c1-5-9-13-16-19-23(24(25)27-20-12-8-4)30(26,28-21-17-14-10-6-2)29-22-18-15-11-7-3/h23H,5-22H2,1-4H3/t23-/m1/s1. The highest BCUT2D eigenvalue weighted by atomic mass is 31.2. The largest absolute Gasteiger partial charge is 0.465 e. The fraction of sp³-hybridized carbons (Fsp3) is 0.958. The SMILES string of the molecule is CCCCCCOP(=O)(OCCCCCC)[C@H](CCCCCC)C(=O)OCCCC. The Labute approximate surface area is 186 Å². The van der Waals surface area contributed by atoms with Gasteiger partial charge in [0.15, 0.2) is 5.66 Å². The summed E-state index contributed by atoms with van der Waals surface area (Å²) in [6.45, 7) is 9.64. The molecule has 0 heterocycles. The molecule has 0 fully saturated rings. The summed E-state index contributed by atoms with van der Waals surface area (Å²) >= 11 is 0. The highest BCUT2D eigenvalue weighted by Gasteiger charge is 2.42. The summed E-state index contributed by atoms with van der Waals surface area (Å²) in [5.74, 6) is -0.412. The Hall–Kier alpha value is -0.380. The van der Waals surface area contributed by atoms with Crippen LogP contribution in [0.25, 0.3) is 0 Å². The Morgan fingerprint density at radius 3 is 1.57 bits per heavy atom. The van der Waals surface area contributed by atoms with Crippen molar-refractivity contribution in [2.75, 3.05) is 19.8 Å². The van der Waals surface area contributed by atoms with Crippen LogP contribution in [0.5, 0.6) is 0 Å². The molecule has 0 bridgehead atoms. The van der Waals surface area contributed by atoms with E-state index in [1.807, 2.05) is 0 Å². The van der Waals surface area contributed by atoms with Crippen molar-refractivity contribution >= 4 is 13.6 Å². The first-order valence-corrected chi connectivity index (χ1v) is 14.2. The lowest BCUT2D eigenvalue weighted by atomic mass is 10.1. The maximum absolute atomic E-state index is 13.8. The van der Waals surface area contributed by atoms with Crippen LogP contribution in [0.1, 0.15) is 124 Å². The highest BCUT2D eigenvalue weighted by Crippen LogP contribution is 2.55. The van der Waals surface area contributed by atoms with Crippen molar-refractivity contribution in [2.45, 2.75) is 130 Å². The van der Waals surface area contributed by atoms with E-state index in [0.29, 0.717) is 26.2 Å². The lowest BCUT2D eigenvalue weighted by molar-refractivity contribution is -0.143. The summed E-state index contributed by atoms with van der Waals surface area (Å²) in [5.41, 5.74) is -0.802. The number of carbonyl (C=O) groups excluding carboxylic acids is 1. The van der Waals surface area contributed by atoms with Crippen LogP contribution >= 0.6 is 7.60 Å². The zero-order chi connectivity index (χ0) is 22.5. The van der Waals surface area contributed by atoms with Crippen LogP contribution in [0.2, 0.25) is 0 Å². The predicted octanol–water partition coefficient (Wildman–Crippen LogP) is 8.06. The van der Waals surface area contributed by atoms with Crippen molar-refractivity contribution in [3.63, 3.8) is 0 Å². The maximum atomic E-state index is 13.8. The molecule has 0 rings (SSSR count). The van der Waals surface area contributed by atoms with Crippen LogP contribution in [-0.4, -0.2) is 31.4 Å². The monoisotopic (exact) mass is 448 g/mol. The van der Waals surface area contributed by atoms with E-state index < -0.39 is 19.2 Å². The van der Waals surface area contributed by atoms with Crippen molar-refractivity contribution in [1.82, 2.24) is 0 Å². The predicted molar refractivity (Wildman–Crippen MR) is 126 cm³/mol. The van der Waals surface area contributed by atoms with E-state index in [1.54, 1.807) is 0 Å². The van der Waals surface area contributed by atoms with E-state index in [4.69, 9.17) is 13.8 Å². The van der Waals surface area contributed by atoms with Crippen molar-refractivity contribution in [3.05, 3.63) is 0 Å². The number of hydrogen-bond acceptors (Lipinski definition) is 5. The first-order chi connectivity index (χ1) is 14.6. The molecule has 0 aliphatic carbocycles. The van der Waals surface area contributed by atoms with E-state index in [2.05, 4.69) is 27.7 Å². The fourth-order valence-electron chi connectivity index (χ4n) is 3.24. The third kappa shape index (κ3) is 14.6. The molecule has 1 atom stereocenters. The Bertz CT molecular complexity index is 423. The Kier molecular flexibility index (Phi) is 20.3. The second-order valence-electron chi connectivity index (χ2n) is 8.21. The molecule has 0 aliphatic heterocycles. The van der Waals surface area contributed by atoms with Gasteiger partial charge in [0.1, 0.15) is 0 Å². The van der Waals surface area contributed by atoms with E-state index in [-0.39, 0.29) is 0 Å². The number of carbonyl (C=O) groups is 1. The van der Waals surface area contributed by atoms with Gasteiger partial charge in [0.25, 0.3) is 0 Å². The third-order valence-corrected chi connectivity index (χ3v) is 7.58. The van der Waals surface area contributed by atoms with Crippen molar-refractivity contribution < 1.29 is 23.1 Å². The van der Waals surface area contributed by atoms with Crippen molar-refractivity contribution in [1.29, 1.82) is 0 Å². The van der Waals surface area contributed by atoms with Gasteiger partial charge in [0, 0.05) is 0 Å². The topological polar surface area (TPSA) is 61.8 Å². The molecular formula is C24H49O5P. The molecule has 0 aromatic heterocycles. The average Bonchev–Trinajstić information content (AvgIpc) is 2.73. The zero-order valence-electron chi connectivity index (χ0n) is 20.3. The summed E-state index contributed by atoms with van der Waals surface area (Å²) in [7, 11) is -3.55. The number of ether oxygens (including phenoxy) is 1. The molecule has 0 unspecified atom stereocenters. The number of hydrogen-bond donors (Lipinski definition) is 0. The quantitative estimate of drug-likeness (QED) is 0.0952. The fourth-order valence-corrected chi connectivity index (χ4v) is 5.27. The molecule has 30 heavy (non-hydrogen) atoms. The van der Waals surface area contributed by atoms with Crippen molar-refractivity contribution in [3.8, 4) is 0 Å². The van der Waals surface area contributed by atoms with E-state index in [1.165, 1.54) is 0 Å². The number of esters is 1. The van der Waals surface area contributed by atoms with Gasteiger partial charge in [-0.2, -0.15) is 0 Å². The number of unbranched alkanes of at least 4 members (excludes halogenated alkanes) is 10. The van der Waals surface area contributed by atoms with Crippen molar-refractivity contribution in [2.24, 2.45) is 0 Å². The van der Waals surface area contributed by atoms with Gasteiger partial charge in [-0.3, -0.25) is 9.36 Å². The molecule has 0 spiro atoms. The molecule has 0 saturated heterocycles. The summed E-state index contributed by atoms with van der Waals surface area (Å²) in [6.07, 6.45) is 14.6. The zero-order valence-corrected chi connectivity index (χ0v) is 21.2. The van der Waals surface area contributed by atoms with Crippen LogP contribution in [0.4, 0.5) is 0 Å². The summed E-state index contributed by atoms with van der Waals surface area (Å²) in [4.78, 5) is 12.8. The molecular weight excluding hydrogens is 399 g/mol.